The number of para-hydroxylation sites is 1. The monoisotopic (exact) mass is 171 g/mol. The van der Waals surface area contributed by atoms with Gasteiger partial charge < -0.3 is 4.31 Å². The van der Waals surface area contributed by atoms with Crippen molar-refractivity contribution in [2.45, 2.75) is 0 Å². The van der Waals surface area contributed by atoms with Crippen molar-refractivity contribution in [3.63, 3.8) is 0 Å². The number of rotatable bonds is 2. The lowest BCUT2D eigenvalue weighted by Crippen LogP contribution is -2.02. The lowest BCUT2D eigenvalue weighted by molar-refractivity contribution is 1.37. The molecule has 3 heteroatoms. The molecular weight excluding hydrogens is 162 g/mol. The SMILES string of the molecule is CN(SS)c1ccccc1. The van der Waals surface area contributed by atoms with E-state index in [0.717, 1.165) is 0 Å². The molecule has 0 unspecified atom stereocenters. The van der Waals surface area contributed by atoms with Gasteiger partial charge in [-0.3, -0.25) is 0 Å². The molecule has 1 rings (SSSR count). The summed E-state index contributed by atoms with van der Waals surface area (Å²) in [4.78, 5) is 0. The van der Waals surface area contributed by atoms with Crippen LogP contribution in [0, 0.1) is 0 Å². The van der Waals surface area contributed by atoms with Gasteiger partial charge in [0.15, 0.2) is 0 Å². The van der Waals surface area contributed by atoms with E-state index in [-0.39, 0.29) is 0 Å². The normalized spacial score (nSPS) is 9.40. The first-order chi connectivity index (χ1) is 4.84. The van der Waals surface area contributed by atoms with E-state index in [9.17, 15) is 0 Å². The van der Waals surface area contributed by atoms with E-state index in [4.69, 9.17) is 0 Å². The molecular formula is C7H9NS2. The van der Waals surface area contributed by atoms with Crippen LogP contribution in [-0.2, 0) is 0 Å². The lowest BCUT2D eigenvalue weighted by atomic mass is 10.3. The first kappa shape index (κ1) is 7.82. The summed E-state index contributed by atoms with van der Waals surface area (Å²) in [6.45, 7) is 0. The maximum atomic E-state index is 4.07. The highest BCUT2D eigenvalue weighted by atomic mass is 33.1. The molecule has 1 aromatic rings. The maximum Gasteiger partial charge on any atom is 0.0474 e. The van der Waals surface area contributed by atoms with Gasteiger partial charge in [-0.2, -0.15) is 0 Å². The summed E-state index contributed by atoms with van der Waals surface area (Å²) in [6, 6.07) is 10.1. The molecule has 0 heterocycles. The minimum absolute atomic E-state index is 1.17. The summed E-state index contributed by atoms with van der Waals surface area (Å²) >= 11 is 4.07. The van der Waals surface area contributed by atoms with Gasteiger partial charge in [0.25, 0.3) is 0 Å². The first-order valence-electron chi connectivity index (χ1n) is 2.95. The Bertz CT molecular complexity index is 188. The molecule has 0 atom stereocenters. The fraction of sp³-hybridized carbons (Fsp3) is 0.143. The fourth-order valence-corrected chi connectivity index (χ4v) is 1.18. The summed E-state index contributed by atoms with van der Waals surface area (Å²) in [5, 5.41) is 0. The summed E-state index contributed by atoms with van der Waals surface area (Å²) in [5.41, 5.74) is 1.17. The highest BCUT2D eigenvalue weighted by molar-refractivity contribution is 8.69. The van der Waals surface area contributed by atoms with Gasteiger partial charge in [-0.25, -0.2) is 0 Å². The zero-order valence-corrected chi connectivity index (χ0v) is 7.40. The van der Waals surface area contributed by atoms with Crippen molar-refractivity contribution in [3.05, 3.63) is 30.3 Å². The third-order valence-electron chi connectivity index (χ3n) is 1.24. The second-order valence-corrected chi connectivity index (χ2v) is 3.12. The van der Waals surface area contributed by atoms with E-state index in [1.807, 2.05) is 41.7 Å². The van der Waals surface area contributed by atoms with Gasteiger partial charge in [0.05, 0.1) is 0 Å². The van der Waals surface area contributed by atoms with Crippen molar-refractivity contribution in [1.29, 1.82) is 0 Å². The molecule has 0 aromatic heterocycles. The molecule has 0 saturated carbocycles. The molecule has 0 bridgehead atoms. The number of hydrogen-bond donors (Lipinski definition) is 1. The number of nitrogens with zero attached hydrogens (tertiary/aromatic N) is 1. The zero-order chi connectivity index (χ0) is 7.40. The lowest BCUT2D eigenvalue weighted by Gasteiger charge is -2.12. The van der Waals surface area contributed by atoms with Gasteiger partial charge in [-0.1, -0.05) is 29.9 Å². The van der Waals surface area contributed by atoms with Gasteiger partial charge in [0.2, 0.25) is 0 Å². The number of benzene rings is 1. The summed E-state index contributed by atoms with van der Waals surface area (Å²) < 4.78 is 1.99. The van der Waals surface area contributed by atoms with Crippen molar-refractivity contribution >= 4 is 28.3 Å². The second-order valence-electron chi connectivity index (χ2n) is 1.91. The first-order valence-corrected chi connectivity index (χ1v) is 4.77. The molecule has 1 nitrogen and oxygen atoms in total. The second kappa shape index (κ2) is 3.78. The molecule has 0 aliphatic rings. The number of hydrogen-bond acceptors (Lipinski definition) is 3. The Morgan fingerprint density at radius 1 is 1.30 bits per heavy atom. The highest BCUT2D eigenvalue weighted by Gasteiger charge is 1.94. The van der Waals surface area contributed by atoms with Crippen molar-refractivity contribution in [3.8, 4) is 0 Å². The van der Waals surface area contributed by atoms with Crippen LogP contribution in [0.4, 0.5) is 5.69 Å². The van der Waals surface area contributed by atoms with Gasteiger partial charge in [-0.05, 0) is 12.1 Å². The molecule has 0 spiro atoms. The van der Waals surface area contributed by atoms with Crippen LogP contribution in [0.15, 0.2) is 30.3 Å². The van der Waals surface area contributed by atoms with Crippen LogP contribution in [0.25, 0.3) is 0 Å². The van der Waals surface area contributed by atoms with Crippen molar-refractivity contribution < 1.29 is 0 Å². The van der Waals surface area contributed by atoms with E-state index >= 15 is 0 Å². The molecule has 1 aromatic carbocycles. The minimum Gasteiger partial charge on any atom is -0.310 e. The molecule has 54 valence electrons. The Morgan fingerprint density at radius 2 is 1.90 bits per heavy atom. The third-order valence-corrected chi connectivity index (χ3v) is 2.43. The quantitative estimate of drug-likeness (QED) is 0.414. The Labute approximate surface area is 70.4 Å². The van der Waals surface area contributed by atoms with E-state index in [1.54, 1.807) is 0 Å². The van der Waals surface area contributed by atoms with Gasteiger partial charge >= 0.3 is 0 Å². The molecule has 0 saturated heterocycles. The highest BCUT2D eigenvalue weighted by Crippen LogP contribution is 2.21. The molecule has 0 aliphatic carbocycles. The van der Waals surface area contributed by atoms with Crippen LogP contribution in [0.2, 0.25) is 0 Å². The Balaban J connectivity index is 2.75. The summed E-state index contributed by atoms with van der Waals surface area (Å²) in [7, 11) is 3.38. The van der Waals surface area contributed by atoms with E-state index in [1.165, 1.54) is 16.7 Å². The average Bonchev–Trinajstić information content (AvgIpc) is 2.05. The number of thiol groups is 1. The zero-order valence-electron chi connectivity index (χ0n) is 5.69. The summed E-state index contributed by atoms with van der Waals surface area (Å²) in [6.07, 6.45) is 0. The minimum atomic E-state index is 1.17. The molecule has 0 aliphatic heterocycles. The topological polar surface area (TPSA) is 3.24 Å². The van der Waals surface area contributed by atoms with Crippen molar-refractivity contribution in [1.82, 2.24) is 0 Å². The third kappa shape index (κ3) is 1.85. The van der Waals surface area contributed by atoms with Crippen LogP contribution in [0.3, 0.4) is 0 Å². The summed E-state index contributed by atoms with van der Waals surface area (Å²) in [5.74, 6) is 0. The van der Waals surface area contributed by atoms with Crippen LogP contribution in [0.1, 0.15) is 0 Å². The number of anilines is 1. The molecule has 0 radical (unpaired) electrons. The van der Waals surface area contributed by atoms with Crippen LogP contribution < -0.4 is 4.31 Å². The van der Waals surface area contributed by atoms with E-state index in [0.29, 0.717) is 0 Å². The van der Waals surface area contributed by atoms with Crippen molar-refractivity contribution in [2.75, 3.05) is 11.4 Å². The molecule has 0 amide bonds. The van der Waals surface area contributed by atoms with E-state index < -0.39 is 0 Å². The molecule has 0 fully saturated rings. The maximum absolute atomic E-state index is 4.07. The van der Waals surface area contributed by atoms with Crippen LogP contribution in [0.5, 0.6) is 0 Å². The fourth-order valence-electron chi connectivity index (χ4n) is 0.685. The van der Waals surface area contributed by atoms with Crippen molar-refractivity contribution in [2.24, 2.45) is 0 Å². The Kier molecular flexibility index (Phi) is 2.96. The molecule has 0 N–H and O–H groups in total. The van der Waals surface area contributed by atoms with Crippen LogP contribution in [-0.4, -0.2) is 7.05 Å². The van der Waals surface area contributed by atoms with Gasteiger partial charge in [0, 0.05) is 23.7 Å². The Hall–Kier alpha value is -0.280. The Morgan fingerprint density at radius 3 is 2.40 bits per heavy atom. The largest absolute Gasteiger partial charge is 0.310 e. The van der Waals surface area contributed by atoms with Gasteiger partial charge in [0.1, 0.15) is 0 Å². The smallest absolute Gasteiger partial charge is 0.0474 e. The molecule has 10 heavy (non-hydrogen) atoms. The van der Waals surface area contributed by atoms with E-state index in [2.05, 4.69) is 11.7 Å². The average molecular weight is 171 g/mol. The predicted octanol–water partition coefficient (Wildman–Crippen LogP) is 2.62. The van der Waals surface area contributed by atoms with Crippen LogP contribution >= 0.6 is 22.6 Å². The predicted molar refractivity (Wildman–Crippen MR) is 51.4 cm³/mol. The standard InChI is InChI=1S/C7H9NS2/c1-8(10-9)7-5-3-2-4-6-7/h2-6,9H,1H3. The van der Waals surface area contributed by atoms with Gasteiger partial charge in [-0.15, -0.1) is 0 Å².